The molecule has 1 atom stereocenters. The maximum absolute atomic E-state index is 12.3. The van der Waals surface area contributed by atoms with Crippen molar-refractivity contribution in [2.24, 2.45) is 0 Å². The zero-order valence-corrected chi connectivity index (χ0v) is 12.1. The molecule has 0 fully saturated rings. The van der Waals surface area contributed by atoms with E-state index in [9.17, 15) is 9.35 Å². The Bertz CT molecular complexity index is 810. The number of pyridine rings is 1. The Morgan fingerprint density at radius 2 is 2.05 bits per heavy atom. The van der Waals surface area contributed by atoms with E-state index in [2.05, 4.69) is 15.0 Å². The lowest BCUT2D eigenvalue weighted by atomic mass is 10.2. The molecule has 3 aromatic rings. The van der Waals surface area contributed by atoms with Gasteiger partial charge < -0.3 is 14.3 Å². The number of hydrogen-bond acceptors (Lipinski definition) is 4. The van der Waals surface area contributed by atoms with Crippen LogP contribution < -0.4 is 10.3 Å². The molecule has 2 N–H and O–H groups in total. The normalized spacial score (nSPS) is 12.5. The van der Waals surface area contributed by atoms with E-state index in [1.54, 1.807) is 13.2 Å². The van der Waals surface area contributed by atoms with E-state index in [4.69, 9.17) is 4.74 Å². The van der Waals surface area contributed by atoms with E-state index in [-0.39, 0.29) is 11.1 Å². The van der Waals surface area contributed by atoms with Gasteiger partial charge in [0.1, 0.15) is 11.5 Å². The maximum atomic E-state index is 12.3. The monoisotopic (exact) mass is 303 g/mol. The quantitative estimate of drug-likeness (QED) is 0.715. The number of hydrogen-bond donors (Lipinski definition) is 2. The highest BCUT2D eigenvalue weighted by atomic mass is 32.2. The van der Waals surface area contributed by atoms with Gasteiger partial charge in [-0.1, -0.05) is 12.1 Å². The van der Waals surface area contributed by atoms with Crippen LogP contribution in [0.25, 0.3) is 11.0 Å². The molecule has 6 nitrogen and oxygen atoms in total. The second-order valence-corrected chi connectivity index (χ2v) is 5.82. The van der Waals surface area contributed by atoms with Crippen LogP contribution in [0.5, 0.6) is 5.75 Å². The summed E-state index contributed by atoms with van der Waals surface area (Å²) in [5.41, 5.74) is 1.47. The topological polar surface area (TPSA) is 93.8 Å². The minimum atomic E-state index is -1.34. The third kappa shape index (κ3) is 2.79. The second-order valence-electron chi connectivity index (χ2n) is 4.45. The minimum absolute atomic E-state index is 0.274. The van der Waals surface area contributed by atoms with Crippen LogP contribution in [0, 0.1) is 0 Å². The lowest BCUT2D eigenvalue weighted by Gasteiger charge is -2.07. The molecule has 0 aliphatic rings. The minimum Gasteiger partial charge on any atom is -0.609 e. The second kappa shape index (κ2) is 5.63. The van der Waals surface area contributed by atoms with Crippen molar-refractivity contribution in [3.05, 3.63) is 52.4 Å². The molecule has 0 amide bonds. The number of methoxy groups -OCH3 is 1. The smallest absolute Gasteiger partial charge is 0.322 e. The number of aromatic nitrogens is 3. The molecule has 0 bridgehead atoms. The van der Waals surface area contributed by atoms with Crippen LogP contribution >= 0.6 is 0 Å². The van der Waals surface area contributed by atoms with Crippen molar-refractivity contribution in [1.29, 1.82) is 0 Å². The molecule has 108 valence electrons. The van der Waals surface area contributed by atoms with Gasteiger partial charge in [-0.15, -0.1) is 0 Å². The maximum Gasteiger partial charge on any atom is 0.322 e. The standard InChI is InChI=1S/C14H13N3O3S/c1-20-10-4-2-9(3-5-10)8-21(19)14-16-11-6-7-15-13(18)12(11)17-14/h2-7H,8H2,1H3,(H,15,18)(H,16,17). The highest BCUT2D eigenvalue weighted by Crippen LogP contribution is 2.18. The molecule has 1 unspecified atom stereocenters. The number of fused-ring (bicyclic) bond motifs is 1. The molecule has 0 radical (unpaired) electrons. The number of nitrogens with one attached hydrogen (secondary N) is 2. The van der Waals surface area contributed by atoms with Gasteiger partial charge in [-0.3, -0.25) is 9.78 Å². The highest BCUT2D eigenvalue weighted by Gasteiger charge is 2.18. The van der Waals surface area contributed by atoms with Gasteiger partial charge in [-0.05, 0) is 18.2 Å². The molecule has 0 spiro atoms. The molecule has 0 aliphatic heterocycles. The van der Waals surface area contributed by atoms with Crippen molar-refractivity contribution >= 4 is 22.2 Å². The molecule has 3 rings (SSSR count). The van der Waals surface area contributed by atoms with Crippen molar-refractivity contribution in [3.8, 4) is 5.75 Å². The summed E-state index contributed by atoms with van der Waals surface area (Å²) in [5.74, 6) is 1.07. The van der Waals surface area contributed by atoms with Crippen molar-refractivity contribution < 1.29 is 9.29 Å². The number of H-pyrrole nitrogens is 2. The Kier molecular flexibility index (Phi) is 3.68. The van der Waals surface area contributed by atoms with Crippen LogP contribution in [-0.2, 0) is 16.9 Å². The van der Waals surface area contributed by atoms with Crippen molar-refractivity contribution in [2.75, 3.05) is 7.11 Å². The zero-order valence-electron chi connectivity index (χ0n) is 11.3. The predicted molar refractivity (Wildman–Crippen MR) is 79.8 cm³/mol. The van der Waals surface area contributed by atoms with Crippen molar-refractivity contribution in [2.45, 2.75) is 10.9 Å². The van der Waals surface area contributed by atoms with E-state index in [1.807, 2.05) is 24.3 Å². The van der Waals surface area contributed by atoms with Gasteiger partial charge in [-0.25, -0.2) is 0 Å². The van der Waals surface area contributed by atoms with Crippen LogP contribution in [0.2, 0.25) is 0 Å². The summed E-state index contributed by atoms with van der Waals surface area (Å²) < 4.78 is 17.4. The molecular weight excluding hydrogens is 290 g/mol. The van der Waals surface area contributed by atoms with Crippen molar-refractivity contribution in [3.63, 3.8) is 0 Å². The first-order valence-corrected chi connectivity index (χ1v) is 7.58. The molecule has 1 aromatic carbocycles. The molecule has 0 aliphatic carbocycles. The lowest BCUT2D eigenvalue weighted by Crippen LogP contribution is -2.08. The van der Waals surface area contributed by atoms with Crippen LogP contribution in [0.4, 0.5) is 0 Å². The van der Waals surface area contributed by atoms with Gasteiger partial charge >= 0.3 is 5.16 Å². The fraction of sp³-hybridized carbons (Fsp3) is 0.143. The van der Waals surface area contributed by atoms with Gasteiger partial charge in [0.2, 0.25) is 0 Å². The highest BCUT2D eigenvalue weighted by molar-refractivity contribution is 7.90. The Morgan fingerprint density at radius 3 is 2.71 bits per heavy atom. The summed E-state index contributed by atoms with van der Waals surface area (Å²) in [7, 11) is 1.60. The number of rotatable bonds is 4. The van der Waals surface area contributed by atoms with E-state index >= 15 is 0 Å². The van der Waals surface area contributed by atoms with Crippen LogP contribution in [0.15, 0.2) is 46.5 Å². The largest absolute Gasteiger partial charge is 0.609 e. The molecule has 21 heavy (non-hydrogen) atoms. The Balaban J connectivity index is 1.84. The first-order chi connectivity index (χ1) is 10.2. The van der Waals surface area contributed by atoms with E-state index in [1.165, 1.54) is 6.20 Å². The number of imidazole rings is 1. The first-order valence-electron chi connectivity index (χ1n) is 6.26. The van der Waals surface area contributed by atoms with Gasteiger partial charge in [0.25, 0.3) is 5.56 Å². The van der Waals surface area contributed by atoms with Crippen LogP contribution in [-0.4, -0.2) is 26.6 Å². The Morgan fingerprint density at radius 1 is 1.29 bits per heavy atom. The Labute approximate surface area is 123 Å². The molecule has 0 saturated heterocycles. The summed E-state index contributed by atoms with van der Waals surface area (Å²) in [5, 5.41) is 0.303. The zero-order chi connectivity index (χ0) is 14.8. The van der Waals surface area contributed by atoms with Crippen molar-refractivity contribution in [1.82, 2.24) is 15.0 Å². The van der Waals surface area contributed by atoms with E-state index in [0.29, 0.717) is 16.4 Å². The number of aromatic amines is 2. The SMILES string of the molecule is COc1ccc(C[S+]([O-])c2nc3c(=O)[nH]ccc3[nH]2)cc1. The van der Waals surface area contributed by atoms with E-state index < -0.39 is 11.2 Å². The summed E-state index contributed by atoms with van der Waals surface area (Å²) in [6.07, 6.45) is 1.53. The Hall–Kier alpha value is -2.25. The fourth-order valence-corrected chi connectivity index (χ4v) is 3.02. The van der Waals surface area contributed by atoms with Gasteiger partial charge in [0, 0.05) is 22.9 Å². The third-order valence-corrected chi connectivity index (χ3v) is 4.28. The summed E-state index contributed by atoms with van der Waals surface area (Å²) in [4.78, 5) is 21.2. The van der Waals surface area contributed by atoms with Crippen LogP contribution in [0.1, 0.15) is 5.56 Å². The van der Waals surface area contributed by atoms with Gasteiger partial charge in [0.05, 0.1) is 12.6 Å². The molecule has 2 aromatic heterocycles. The summed E-state index contributed by atoms with van der Waals surface area (Å²) in [6.45, 7) is 0. The predicted octanol–water partition coefficient (Wildman–Crippen LogP) is 1.57. The first kappa shape index (κ1) is 13.7. The molecule has 0 saturated carbocycles. The average Bonchev–Trinajstić information content (AvgIpc) is 2.94. The third-order valence-electron chi connectivity index (χ3n) is 3.06. The fourth-order valence-electron chi connectivity index (χ4n) is 1.98. The number of nitrogens with zero attached hydrogens (tertiary/aromatic N) is 1. The lowest BCUT2D eigenvalue weighted by molar-refractivity contribution is 0.414. The van der Waals surface area contributed by atoms with E-state index in [0.717, 1.165) is 11.3 Å². The van der Waals surface area contributed by atoms with Gasteiger partial charge in [-0.2, -0.15) is 4.98 Å². The summed E-state index contributed by atoms with van der Waals surface area (Å²) in [6, 6.07) is 9.03. The average molecular weight is 303 g/mol. The molecule has 2 heterocycles. The molecular formula is C14H13N3O3S. The molecule has 7 heteroatoms. The summed E-state index contributed by atoms with van der Waals surface area (Å²) >= 11 is -1.34. The number of ether oxygens (including phenoxy) is 1. The van der Waals surface area contributed by atoms with Crippen LogP contribution in [0.3, 0.4) is 0 Å². The van der Waals surface area contributed by atoms with Gasteiger partial charge in [0.15, 0.2) is 5.52 Å². The number of benzene rings is 1.